The minimum atomic E-state index is 0.0662. The number of carbonyl (C=O) groups is 2. The Morgan fingerprint density at radius 3 is 2.57 bits per heavy atom. The van der Waals surface area contributed by atoms with Crippen LogP contribution in [0.2, 0.25) is 0 Å². The number of nitrogens with one attached hydrogen (secondary N) is 2. The van der Waals surface area contributed by atoms with Crippen molar-refractivity contribution < 1.29 is 9.59 Å². The molecule has 0 aliphatic heterocycles. The SMILES string of the molecule is CC(=O)CCCCCCC(=O)NCc1ccccc1Sc1ccc2c(/C=C/c3ccccn3)n[nH]c2c1. The molecule has 0 unspecified atom stereocenters. The molecule has 190 valence electrons. The topological polar surface area (TPSA) is 87.7 Å². The third-order valence-corrected chi connectivity index (χ3v) is 7.13. The molecule has 6 nitrogen and oxygen atoms in total. The van der Waals surface area contributed by atoms with Gasteiger partial charge in [-0.05, 0) is 73.9 Å². The summed E-state index contributed by atoms with van der Waals surface area (Å²) in [5.74, 6) is 0.300. The van der Waals surface area contributed by atoms with Gasteiger partial charge in [-0.2, -0.15) is 5.10 Å². The summed E-state index contributed by atoms with van der Waals surface area (Å²) in [5, 5.41) is 11.7. The Hall–Kier alpha value is -3.71. The van der Waals surface area contributed by atoms with Crippen molar-refractivity contribution in [3.63, 3.8) is 0 Å². The van der Waals surface area contributed by atoms with Crippen molar-refractivity contribution in [1.29, 1.82) is 0 Å². The van der Waals surface area contributed by atoms with Crippen molar-refractivity contribution in [2.75, 3.05) is 0 Å². The summed E-state index contributed by atoms with van der Waals surface area (Å²) in [4.78, 5) is 29.9. The molecule has 4 aromatic rings. The van der Waals surface area contributed by atoms with Crippen LogP contribution < -0.4 is 5.32 Å². The number of aromatic amines is 1. The summed E-state index contributed by atoms with van der Waals surface area (Å²) < 4.78 is 0. The summed E-state index contributed by atoms with van der Waals surface area (Å²) >= 11 is 1.67. The van der Waals surface area contributed by atoms with Crippen LogP contribution in [-0.2, 0) is 16.1 Å². The molecule has 2 heterocycles. The van der Waals surface area contributed by atoms with Gasteiger partial charge >= 0.3 is 0 Å². The van der Waals surface area contributed by atoms with E-state index in [-0.39, 0.29) is 11.7 Å². The highest BCUT2D eigenvalue weighted by Gasteiger charge is 2.09. The zero-order valence-corrected chi connectivity index (χ0v) is 21.9. The first-order valence-electron chi connectivity index (χ1n) is 12.7. The lowest BCUT2D eigenvalue weighted by Gasteiger charge is -2.11. The number of Topliss-reactive ketones (excluding diaryl/α,β-unsaturated/α-hetero) is 1. The molecule has 1 amide bonds. The second-order valence-corrected chi connectivity index (χ2v) is 10.1. The van der Waals surface area contributed by atoms with Gasteiger partial charge in [0, 0.05) is 40.8 Å². The number of amides is 1. The lowest BCUT2D eigenvalue weighted by molar-refractivity contribution is -0.121. The predicted octanol–water partition coefficient (Wildman–Crippen LogP) is 6.83. The van der Waals surface area contributed by atoms with Crippen molar-refractivity contribution in [3.8, 4) is 0 Å². The number of pyridine rings is 1. The van der Waals surface area contributed by atoms with Gasteiger partial charge in [0.05, 0.1) is 16.9 Å². The lowest BCUT2D eigenvalue weighted by Crippen LogP contribution is -2.22. The number of H-pyrrole nitrogens is 1. The van der Waals surface area contributed by atoms with Crippen molar-refractivity contribution >= 4 is 46.5 Å². The zero-order chi connectivity index (χ0) is 25.9. The largest absolute Gasteiger partial charge is 0.352 e. The van der Waals surface area contributed by atoms with Crippen LogP contribution in [0.15, 0.2) is 76.7 Å². The van der Waals surface area contributed by atoms with Crippen LogP contribution in [0.4, 0.5) is 0 Å². The van der Waals surface area contributed by atoms with Crippen molar-refractivity contribution in [2.45, 2.75) is 61.8 Å². The summed E-state index contributed by atoms with van der Waals surface area (Å²) in [7, 11) is 0. The normalized spacial score (nSPS) is 11.3. The van der Waals surface area contributed by atoms with E-state index in [9.17, 15) is 9.59 Å². The number of ketones is 1. The van der Waals surface area contributed by atoms with Gasteiger partial charge in [-0.1, -0.05) is 48.9 Å². The second-order valence-electron chi connectivity index (χ2n) is 9.01. The number of nitrogens with zero attached hydrogens (tertiary/aromatic N) is 2. The molecule has 37 heavy (non-hydrogen) atoms. The van der Waals surface area contributed by atoms with E-state index >= 15 is 0 Å². The van der Waals surface area contributed by atoms with Gasteiger partial charge < -0.3 is 10.1 Å². The molecule has 0 fully saturated rings. The quantitative estimate of drug-likeness (QED) is 0.192. The Morgan fingerprint density at radius 1 is 0.946 bits per heavy atom. The van der Waals surface area contributed by atoms with Gasteiger partial charge in [-0.3, -0.25) is 14.9 Å². The molecule has 2 aromatic heterocycles. The summed E-state index contributed by atoms with van der Waals surface area (Å²) in [6.45, 7) is 2.13. The lowest BCUT2D eigenvalue weighted by atomic mass is 10.1. The molecule has 0 aliphatic rings. The van der Waals surface area contributed by atoms with E-state index in [4.69, 9.17) is 0 Å². The van der Waals surface area contributed by atoms with Crippen LogP contribution >= 0.6 is 11.8 Å². The Morgan fingerprint density at radius 2 is 1.76 bits per heavy atom. The number of unbranched alkanes of at least 4 members (excludes halogenated alkanes) is 3. The molecule has 0 spiro atoms. The first-order valence-corrected chi connectivity index (χ1v) is 13.5. The van der Waals surface area contributed by atoms with Crippen LogP contribution in [0.3, 0.4) is 0 Å². The number of carbonyl (C=O) groups excluding carboxylic acids is 2. The van der Waals surface area contributed by atoms with Gasteiger partial charge in [-0.15, -0.1) is 0 Å². The minimum absolute atomic E-state index is 0.0662. The minimum Gasteiger partial charge on any atom is -0.352 e. The summed E-state index contributed by atoms with van der Waals surface area (Å²) in [6, 6.07) is 20.3. The molecule has 2 aromatic carbocycles. The van der Waals surface area contributed by atoms with Crippen molar-refractivity contribution in [1.82, 2.24) is 20.5 Å². The van der Waals surface area contributed by atoms with Crippen LogP contribution in [0.25, 0.3) is 23.1 Å². The Balaban J connectivity index is 1.32. The zero-order valence-electron chi connectivity index (χ0n) is 21.1. The molecule has 7 heteroatoms. The molecule has 0 radical (unpaired) electrons. The molecule has 0 bridgehead atoms. The summed E-state index contributed by atoms with van der Waals surface area (Å²) in [5.41, 5.74) is 3.82. The average Bonchev–Trinajstić information content (AvgIpc) is 3.31. The van der Waals surface area contributed by atoms with Crippen LogP contribution in [0.5, 0.6) is 0 Å². The Bertz CT molecular complexity index is 1360. The van der Waals surface area contributed by atoms with Crippen molar-refractivity contribution in [2.24, 2.45) is 0 Å². The van der Waals surface area contributed by atoms with Gasteiger partial charge in [0.1, 0.15) is 5.78 Å². The monoisotopic (exact) mass is 512 g/mol. The van der Waals surface area contributed by atoms with Gasteiger partial charge in [0.25, 0.3) is 0 Å². The van der Waals surface area contributed by atoms with Crippen LogP contribution in [0, 0.1) is 0 Å². The van der Waals surface area contributed by atoms with Gasteiger partial charge in [0.15, 0.2) is 0 Å². The van der Waals surface area contributed by atoms with E-state index in [1.807, 2.05) is 42.5 Å². The fourth-order valence-electron chi connectivity index (χ4n) is 4.02. The molecule has 0 atom stereocenters. The average molecular weight is 513 g/mol. The van der Waals surface area contributed by atoms with Crippen LogP contribution in [0.1, 0.15) is 62.4 Å². The van der Waals surface area contributed by atoms with E-state index in [0.717, 1.165) is 63.3 Å². The molecule has 0 saturated heterocycles. The Kier molecular flexibility index (Phi) is 9.66. The third-order valence-electron chi connectivity index (χ3n) is 6.02. The Labute approximate surface area is 222 Å². The molecular weight excluding hydrogens is 480 g/mol. The van der Waals surface area contributed by atoms with E-state index in [1.54, 1.807) is 24.9 Å². The number of benzene rings is 2. The maximum Gasteiger partial charge on any atom is 0.220 e. The van der Waals surface area contributed by atoms with Gasteiger partial charge in [-0.25, -0.2) is 0 Å². The number of rotatable bonds is 13. The van der Waals surface area contributed by atoms with E-state index in [0.29, 0.717) is 19.4 Å². The molecular formula is C30H32N4O2S. The second kappa shape index (κ2) is 13.6. The number of aromatic nitrogens is 3. The molecule has 4 rings (SSSR count). The summed E-state index contributed by atoms with van der Waals surface area (Å²) in [6.07, 6.45) is 10.6. The highest BCUT2D eigenvalue weighted by molar-refractivity contribution is 7.99. The molecule has 2 N–H and O–H groups in total. The number of hydrogen-bond donors (Lipinski definition) is 2. The standard InChI is InChI=1S/C30H32N4O2S/c1-22(35)10-4-2-3-5-14-30(36)32-21-23-11-6-7-13-29(23)37-25-16-17-26-27(33-34-28(26)20-25)18-15-24-12-8-9-19-31-24/h6-9,11-13,15-20H,2-5,10,14,21H2,1H3,(H,32,36)(H,33,34)/b18-15+. The molecule has 0 saturated carbocycles. The van der Waals surface area contributed by atoms with Crippen LogP contribution in [-0.4, -0.2) is 26.9 Å². The van der Waals surface area contributed by atoms with E-state index in [2.05, 4.69) is 50.8 Å². The maximum absolute atomic E-state index is 12.3. The fraction of sp³-hybridized carbons (Fsp3) is 0.267. The number of hydrogen-bond acceptors (Lipinski definition) is 5. The maximum atomic E-state index is 12.3. The highest BCUT2D eigenvalue weighted by atomic mass is 32.2. The first kappa shape index (κ1) is 26.4. The smallest absolute Gasteiger partial charge is 0.220 e. The number of fused-ring (bicyclic) bond motifs is 1. The molecule has 0 aliphatic carbocycles. The third kappa shape index (κ3) is 8.15. The van der Waals surface area contributed by atoms with Crippen molar-refractivity contribution in [3.05, 3.63) is 83.8 Å². The predicted molar refractivity (Wildman–Crippen MR) is 150 cm³/mol. The highest BCUT2D eigenvalue weighted by Crippen LogP contribution is 2.33. The fourth-order valence-corrected chi connectivity index (χ4v) is 5.01. The van der Waals surface area contributed by atoms with E-state index in [1.165, 1.54) is 0 Å². The first-order chi connectivity index (χ1) is 18.1. The van der Waals surface area contributed by atoms with E-state index < -0.39 is 0 Å². The van der Waals surface area contributed by atoms with Gasteiger partial charge in [0.2, 0.25) is 5.91 Å².